The van der Waals surface area contributed by atoms with Crippen LogP contribution >= 0.6 is 0 Å². The number of methoxy groups -OCH3 is 2. The Morgan fingerprint density at radius 1 is 0.895 bits per heavy atom. The van der Waals surface area contributed by atoms with Crippen LogP contribution in [0.4, 0.5) is 0 Å². The van der Waals surface area contributed by atoms with E-state index in [0.717, 1.165) is 26.4 Å². The lowest BCUT2D eigenvalue weighted by Gasteiger charge is -2.45. The van der Waals surface area contributed by atoms with Gasteiger partial charge in [0.2, 0.25) is 0 Å². The van der Waals surface area contributed by atoms with Gasteiger partial charge in [0.05, 0.1) is 6.10 Å². The molecular formula is C22H31NO15. The average Bonchev–Trinajstić information content (AvgIpc) is 2.89. The van der Waals surface area contributed by atoms with Gasteiger partial charge in [0, 0.05) is 20.8 Å². The van der Waals surface area contributed by atoms with Gasteiger partial charge in [-0.1, -0.05) is 6.07 Å². The molecule has 16 nitrogen and oxygen atoms in total. The van der Waals surface area contributed by atoms with Crippen LogP contribution < -0.4 is 5.32 Å². The summed E-state index contributed by atoms with van der Waals surface area (Å²) in [5.74, 6) is -3.46. The van der Waals surface area contributed by atoms with Gasteiger partial charge >= 0.3 is 5.97 Å². The number of aromatic hydroxyl groups is 2. The van der Waals surface area contributed by atoms with Crippen molar-refractivity contribution in [3.63, 3.8) is 0 Å². The molecule has 1 amide bonds. The number of aliphatic hydroxyl groups excluding tert-OH is 5. The van der Waals surface area contributed by atoms with Gasteiger partial charge in [0.15, 0.2) is 36.3 Å². The molecule has 0 radical (unpaired) electrons. The number of benzene rings is 1. The van der Waals surface area contributed by atoms with E-state index in [0.29, 0.717) is 0 Å². The van der Waals surface area contributed by atoms with E-state index in [-0.39, 0.29) is 5.56 Å². The first-order chi connectivity index (χ1) is 17.9. The lowest BCUT2D eigenvalue weighted by molar-refractivity contribution is -0.348. The summed E-state index contributed by atoms with van der Waals surface area (Å²) in [6, 6.07) is 3.51. The van der Waals surface area contributed by atoms with E-state index in [4.69, 9.17) is 23.7 Å². The minimum absolute atomic E-state index is 0.142. The highest BCUT2D eigenvalue weighted by atomic mass is 16.7. The van der Waals surface area contributed by atoms with Crippen molar-refractivity contribution in [3.05, 3.63) is 23.8 Å². The summed E-state index contributed by atoms with van der Waals surface area (Å²) >= 11 is 0. The Labute approximate surface area is 215 Å². The number of amides is 1. The molecule has 2 saturated heterocycles. The Balaban J connectivity index is 1.78. The van der Waals surface area contributed by atoms with E-state index in [2.05, 4.69) is 5.32 Å². The number of aliphatic carboxylic acids is 1. The summed E-state index contributed by atoms with van der Waals surface area (Å²) in [5, 5.41) is 82.9. The predicted octanol–water partition coefficient (Wildman–Crippen LogP) is -3.73. The van der Waals surface area contributed by atoms with Crippen LogP contribution in [0.3, 0.4) is 0 Å². The molecule has 2 fully saturated rings. The zero-order chi connectivity index (χ0) is 28.3. The van der Waals surface area contributed by atoms with Crippen LogP contribution in [0.2, 0.25) is 0 Å². The first-order valence-electron chi connectivity index (χ1n) is 11.4. The standard InChI is InChI=1S/C22H31NO15/c1-34-15-11(27)14(30)22(38-18(15)20(32)33)36-16-12(28)13(29)21(35-2)37-17(16)19(31)23-6-10(26)7-3-4-8(24)9(25)5-7/h3-5,10-18,21-22,24-30H,6H2,1-2H3,(H,23,31)(H,32,33)/t10?,11-,12?,13?,14?,15+,16+,17-,18?,21-,22-/m1/s1. The van der Waals surface area contributed by atoms with E-state index < -0.39 is 97.4 Å². The van der Waals surface area contributed by atoms with E-state index in [9.17, 15) is 50.4 Å². The second kappa shape index (κ2) is 12.5. The number of carboxylic acid groups (broad SMARTS) is 1. The molecule has 0 spiro atoms. The van der Waals surface area contributed by atoms with Crippen molar-refractivity contribution < 1.29 is 74.1 Å². The maximum atomic E-state index is 13.0. The fraction of sp³-hybridized carbons (Fsp3) is 0.636. The number of carbonyl (C=O) groups excluding carboxylic acids is 1. The Morgan fingerprint density at radius 3 is 2.08 bits per heavy atom. The minimum atomic E-state index is -1.91. The highest BCUT2D eigenvalue weighted by Crippen LogP contribution is 2.31. The lowest BCUT2D eigenvalue weighted by atomic mass is 9.96. The Bertz CT molecular complexity index is 978. The molecule has 2 heterocycles. The first kappa shape index (κ1) is 29.9. The van der Waals surface area contributed by atoms with E-state index >= 15 is 0 Å². The summed E-state index contributed by atoms with van der Waals surface area (Å²) in [4.78, 5) is 24.6. The predicted molar refractivity (Wildman–Crippen MR) is 119 cm³/mol. The van der Waals surface area contributed by atoms with E-state index in [1.54, 1.807) is 0 Å². The zero-order valence-electron chi connectivity index (χ0n) is 20.2. The Kier molecular flexibility index (Phi) is 9.82. The topological polar surface area (TPSA) is 254 Å². The molecule has 9 N–H and O–H groups in total. The van der Waals surface area contributed by atoms with Crippen molar-refractivity contribution in [1.82, 2.24) is 5.32 Å². The van der Waals surface area contributed by atoms with Gasteiger partial charge in [0.1, 0.15) is 36.6 Å². The van der Waals surface area contributed by atoms with Gasteiger partial charge < -0.3 is 69.9 Å². The monoisotopic (exact) mass is 549 g/mol. The lowest BCUT2D eigenvalue weighted by Crippen LogP contribution is -2.66. The van der Waals surface area contributed by atoms with Crippen LogP contribution in [-0.4, -0.2) is 135 Å². The van der Waals surface area contributed by atoms with Gasteiger partial charge in [-0.2, -0.15) is 0 Å². The van der Waals surface area contributed by atoms with Gasteiger partial charge in [-0.3, -0.25) is 4.79 Å². The number of aliphatic hydroxyl groups is 5. The third-order valence-electron chi connectivity index (χ3n) is 6.24. The smallest absolute Gasteiger partial charge is 0.335 e. The third kappa shape index (κ3) is 6.15. The van der Waals surface area contributed by atoms with Crippen LogP contribution in [0.1, 0.15) is 11.7 Å². The van der Waals surface area contributed by atoms with Crippen LogP contribution in [0.25, 0.3) is 0 Å². The molecule has 1 aromatic rings. The highest BCUT2D eigenvalue weighted by Gasteiger charge is 2.54. The summed E-state index contributed by atoms with van der Waals surface area (Å²) in [6.45, 7) is -0.441. The molecule has 0 saturated carbocycles. The van der Waals surface area contributed by atoms with Crippen LogP contribution in [-0.2, 0) is 33.3 Å². The first-order valence-corrected chi connectivity index (χ1v) is 11.4. The third-order valence-corrected chi connectivity index (χ3v) is 6.24. The van der Waals surface area contributed by atoms with Crippen LogP contribution in [0.5, 0.6) is 11.5 Å². The number of phenols is 2. The molecule has 11 atom stereocenters. The molecule has 2 aliphatic heterocycles. The Morgan fingerprint density at radius 2 is 1.50 bits per heavy atom. The quantitative estimate of drug-likeness (QED) is 0.134. The molecule has 2 aliphatic rings. The summed E-state index contributed by atoms with van der Waals surface area (Å²) in [5.41, 5.74) is 0.142. The van der Waals surface area contributed by atoms with E-state index in [1.165, 1.54) is 6.07 Å². The van der Waals surface area contributed by atoms with Crippen molar-refractivity contribution in [3.8, 4) is 11.5 Å². The number of carboxylic acids is 1. The molecule has 38 heavy (non-hydrogen) atoms. The number of rotatable bonds is 9. The SMILES string of the molecule is CO[C@@H]1O[C@@H](C(=O)NCC(O)c2ccc(O)c(O)c2)[C@@H](O[C@@H]2OC(C(=O)O)[C@@H](OC)[C@H](O)C2O)C(O)C1O. The van der Waals surface area contributed by atoms with Crippen LogP contribution in [0, 0.1) is 0 Å². The second-order valence-electron chi connectivity index (χ2n) is 8.70. The largest absolute Gasteiger partial charge is 0.504 e. The van der Waals surface area contributed by atoms with Crippen molar-refractivity contribution in [2.75, 3.05) is 20.8 Å². The van der Waals surface area contributed by atoms with Gasteiger partial charge in [-0.15, -0.1) is 0 Å². The maximum absolute atomic E-state index is 13.0. The van der Waals surface area contributed by atoms with Gasteiger partial charge in [-0.25, -0.2) is 4.79 Å². The van der Waals surface area contributed by atoms with Gasteiger partial charge in [0.25, 0.3) is 5.91 Å². The fourth-order valence-electron chi connectivity index (χ4n) is 4.12. The molecule has 1 aromatic carbocycles. The number of phenolic OH excluding ortho intramolecular Hbond substituents is 2. The molecule has 3 rings (SSSR count). The summed E-state index contributed by atoms with van der Waals surface area (Å²) in [6.07, 6.45) is -18.9. The average molecular weight is 549 g/mol. The number of hydrogen-bond donors (Lipinski definition) is 9. The van der Waals surface area contributed by atoms with E-state index in [1.807, 2.05) is 0 Å². The van der Waals surface area contributed by atoms with Crippen molar-refractivity contribution >= 4 is 11.9 Å². The Hall–Kier alpha value is -2.64. The van der Waals surface area contributed by atoms with Crippen molar-refractivity contribution in [1.29, 1.82) is 0 Å². The van der Waals surface area contributed by atoms with Crippen molar-refractivity contribution in [2.45, 2.75) is 67.5 Å². The molecular weight excluding hydrogens is 518 g/mol. The zero-order valence-corrected chi connectivity index (χ0v) is 20.2. The number of hydrogen-bond acceptors (Lipinski definition) is 14. The molecule has 0 aliphatic carbocycles. The van der Waals surface area contributed by atoms with Crippen LogP contribution in [0.15, 0.2) is 18.2 Å². The minimum Gasteiger partial charge on any atom is -0.504 e. The molecule has 214 valence electrons. The fourth-order valence-corrected chi connectivity index (χ4v) is 4.12. The maximum Gasteiger partial charge on any atom is 0.335 e. The molecule has 0 bridgehead atoms. The number of carbonyl (C=O) groups is 2. The highest BCUT2D eigenvalue weighted by molar-refractivity contribution is 5.81. The normalized spacial score (nSPS) is 36.4. The summed E-state index contributed by atoms with van der Waals surface area (Å²) < 4.78 is 26.0. The second-order valence-corrected chi connectivity index (χ2v) is 8.70. The van der Waals surface area contributed by atoms with Crippen molar-refractivity contribution in [2.24, 2.45) is 0 Å². The molecule has 0 aromatic heterocycles. The molecule has 5 unspecified atom stereocenters. The number of ether oxygens (including phenoxy) is 5. The summed E-state index contributed by atoms with van der Waals surface area (Å²) in [7, 11) is 2.22. The molecule has 16 heteroatoms. The van der Waals surface area contributed by atoms with Gasteiger partial charge in [-0.05, 0) is 17.7 Å². The number of nitrogens with one attached hydrogen (secondary N) is 1.